The van der Waals surface area contributed by atoms with Gasteiger partial charge in [-0.1, -0.05) is 29.8 Å². The number of benzene rings is 3. The molecule has 0 saturated carbocycles. The van der Waals surface area contributed by atoms with Crippen molar-refractivity contribution in [2.75, 3.05) is 12.4 Å². The summed E-state index contributed by atoms with van der Waals surface area (Å²) >= 11 is 7.88. The van der Waals surface area contributed by atoms with E-state index in [4.69, 9.17) is 16.3 Å². The molecule has 3 aromatic carbocycles. The molecule has 0 aliphatic carbocycles. The minimum absolute atomic E-state index is 0.209. The lowest BCUT2D eigenvalue weighted by molar-refractivity contribution is 0.103. The Morgan fingerprint density at radius 2 is 1.83 bits per heavy atom. The Morgan fingerprint density at radius 1 is 1.03 bits per heavy atom. The summed E-state index contributed by atoms with van der Waals surface area (Å²) in [4.78, 5) is 13.5. The van der Waals surface area contributed by atoms with Gasteiger partial charge in [0.05, 0.1) is 12.1 Å². The Balaban J connectivity index is 1.54. The number of ether oxygens (including phenoxy) is 1. The van der Waals surface area contributed by atoms with Crippen LogP contribution in [0.25, 0.3) is 31.9 Å². The maximum absolute atomic E-state index is 13.0. The number of nitrogens with one attached hydrogen (secondary N) is 1. The lowest BCUT2D eigenvalue weighted by atomic mass is 10.1. The molecule has 1 amide bonds. The molecule has 150 valence electrons. The molecule has 0 saturated heterocycles. The number of carbonyl (C=O) groups excluding carboxylic acids is 1. The molecular formula is C24H19ClN2O2S. The Hall–Kier alpha value is -3.02. The fourth-order valence-corrected chi connectivity index (χ4v) is 5.42. The van der Waals surface area contributed by atoms with Crippen LogP contribution in [0.4, 0.5) is 5.69 Å². The van der Waals surface area contributed by atoms with Crippen LogP contribution in [0, 0.1) is 0 Å². The summed E-state index contributed by atoms with van der Waals surface area (Å²) in [5.74, 6) is 0.531. The number of anilines is 1. The van der Waals surface area contributed by atoms with E-state index in [1.807, 2.05) is 36.4 Å². The maximum atomic E-state index is 13.0. The number of halogens is 1. The van der Waals surface area contributed by atoms with E-state index in [-0.39, 0.29) is 5.91 Å². The van der Waals surface area contributed by atoms with Gasteiger partial charge in [-0.2, -0.15) is 0 Å². The molecule has 0 bridgehead atoms. The first-order valence-electron chi connectivity index (χ1n) is 9.69. The van der Waals surface area contributed by atoms with E-state index in [1.165, 1.54) is 22.2 Å². The van der Waals surface area contributed by atoms with Crippen molar-refractivity contribution in [3.05, 3.63) is 70.6 Å². The van der Waals surface area contributed by atoms with Crippen molar-refractivity contribution in [3.63, 3.8) is 0 Å². The van der Waals surface area contributed by atoms with E-state index in [0.29, 0.717) is 9.90 Å². The average Bonchev–Trinajstić information content (AvgIpc) is 3.27. The van der Waals surface area contributed by atoms with Gasteiger partial charge in [0.25, 0.3) is 5.91 Å². The number of nitrogens with zero attached hydrogens (tertiary/aromatic N) is 1. The normalized spacial score (nSPS) is 11.4. The number of fused-ring (bicyclic) bond motifs is 4. The van der Waals surface area contributed by atoms with Gasteiger partial charge in [-0.25, -0.2) is 0 Å². The molecule has 0 fully saturated rings. The van der Waals surface area contributed by atoms with E-state index in [9.17, 15) is 4.79 Å². The number of thiophene rings is 1. The van der Waals surface area contributed by atoms with Crippen LogP contribution < -0.4 is 10.1 Å². The van der Waals surface area contributed by atoms with E-state index in [0.717, 1.165) is 39.0 Å². The number of hydrogen-bond acceptors (Lipinski definition) is 3. The number of amides is 1. The van der Waals surface area contributed by atoms with Crippen molar-refractivity contribution in [3.8, 4) is 5.75 Å². The van der Waals surface area contributed by atoms with E-state index in [1.54, 1.807) is 7.11 Å². The molecular weight excluding hydrogens is 416 g/mol. The highest BCUT2D eigenvalue weighted by molar-refractivity contribution is 7.21. The predicted molar refractivity (Wildman–Crippen MR) is 126 cm³/mol. The van der Waals surface area contributed by atoms with Crippen LogP contribution >= 0.6 is 22.9 Å². The Labute approximate surface area is 182 Å². The average molecular weight is 435 g/mol. The molecule has 5 aromatic rings. The summed E-state index contributed by atoms with van der Waals surface area (Å²) in [6, 6.07) is 20.0. The van der Waals surface area contributed by atoms with Crippen molar-refractivity contribution in [1.82, 2.24) is 4.57 Å². The molecule has 1 N–H and O–H groups in total. The third kappa shape index (κ3) is 2.93. The van der Waals surface area contributed by atoms with E-state index < -0.39 is 0 Å². The summed E-state index contributed by atoms with van der Waals surface area (Å²) in [6.45, 7) is 3.02. The monoisotopic (exact) mass is 434 g/mol. The number of rotatable bonds is 4. The van der Waals surface area contributed by atoms with Crippen LogP contribution in [0.3, 0.4) is 0 Å². The first-order valence-corrected chi connectivity index (χ1v) is 10.9. The maximum Gasteiger partial charge on any atom is 0.267 e. The number of methoxy groups -OCH3 is 1. The molecule has 0 radical (unpaired) electrons. The number of aromatic nitrogens is 1. The smallest absolute Gasteiger partial charge is 0.267 e. The van der Waals surface area contributed by atoms with Gasteiger partial charge in [0.2, 0.25) is 0 Å². The minimum atomic E-state index is -0.209. The topological polar surface area (TPSA) is 43.3 Å². The van der Waals surface area contributed by atoms with Gasteiger partial charge in [0.1, 0.15) is 10.6 Å². The highest BCUT2D eigenvalue weighted by atomic mass is 35.5. The lowest BCUT2D eigenvalue weighted by Crippen LogP contribution is -2.10. The van der Waals surface area contributed by atoms with E-state index in [2.05, 4.69) is 41.1 Å². The number of para-hydroxylation sites is 1. The quantitative estimate of drug-likeness (QED) is 0.332. The number of aryl methyl sites for hydroxylation is 1. The van der Waals surface area contributed by atoms with Crippen LogP contribution in [0.5, 0.6) is 5.75 Å². The lowest BCUT2D eigenvalue weighted by Gasteiger charge is -2.06. The van der Waals surface area contributed by atoms with Crippen LogP contribution in [0.2, 0.25) is 5.02 Å². The molecule has 2 heterocycles. The van der Waals surface area contributed by atoms with Gasteiger partial charge in [0, 0.05) is 44.1 Å². The predicted octanol–water partition coefficient (Wildman–Crippen LogP) is 6.94. The SMILES string of the molecule is CCn1c2ccccc2c2cc(NC(=O)c3sc4cc(OC)ccc4c3Cl)ccc21. The summed E-state index contributed by atoms with van der Waals surface area (Å²) in [5, 5.41) is 6.65. The highest BCUT2D eigenvalue weighted by Gasteiger charge is 2.18. The van der Waals surface area contributed by atoms with Gasteiger partial charge in [-0.15, -0.1) is 11.3 Å². The highest BCUT2D eigenvalue weighted by Crippen LogP contribution is 2.38. The molecule has 0 spiro atoms. The summed E-state index contributed by atoms with van der Waals surface area (Å²) in [6.07, 6.45) is 0. The molecule has 2 aromatic heterocycles. The van der Waals surface area contributed by atoms with Gasteiger partial charge in [-0.05, 0) is 49.4 Å². The van der Waals surface area contributed by atoms with Crippen LogP contribution in [-0.4, -0.2) is 17.6 Å². The first kappa shape index (κ1) is 19.0. The second-order valence-electron chi connectivity index (χ2n) is 7.05. The zero-order chi connectivity index (χ0) is 20.8. The van der Waals surface area contributed by atoms with Gasteiger partial charge in [-0.3, -0.25) is 4.79 Å². The van der Waals surface area contributed by atoms with Crippen molar-refractivity contribution >= 4 is 66.4 Å². The third-order valence-electron chi connectivity index (χ3n) is 5.39. The second kappa shape index (κ2) is 7.35. The standard InChI is InChI=1S/C24H19ClN2O2S/c1-3-27-19-7-5-4-6-16(19)18-12-14(8-11-20(18)27)26-24(28)23-22(25)17-10-9-15(29-2)13-21(17)30-23/h4-13H,3H2,1-2H3,(H,26,28). The molecule has 0 aliphatic heterocycles. The number of hydrogen-bond donors (Lipinski definition) is 1. The third-order valence-corrected chi connectivity index (χ3v) is 7.05. The molecule has 0 atom stereocenters. The summed E-state index contributed by atoms with van der Waals surface area (Å²) < 4.78 is 8.48. The Kier molecular flexibility index (Phi) is 4.65. The van der Waals surface area contributed by atoms with Crippen molar-refractivity contribution in [1.29, 1.82) is 0 Å². The van der Waals surface area contributed by atoms with Crippen LogP contribution in [0.1, 0.15) is 16.6 Å². The Bertz CT molecular complexity index is 1430. The van der Waals surface area contributed by atoms with Crippen molar-refractivity contribution in [2.24, 2.45) is 0 Å². The molecule has 6 heteroatoms. The van der Waals surface area contributed by atoms with Crippen LogP contribution in [-0.2, 0) is 6.54 Å². The van der Waals surface area contributed by atoms with Crippen molar-refractivity contribution < 1.29 is 9.53 Å². The van der Waals surface area contributed by atoms with Gasteiger partial charge in [0.15, 0.2) is 0 Å². The zero-order valence-electron chi connectivity index (χ0n) is 16.5. The second-order valence-corrected chi connectivity index (χ2v) is 8.48. The molecule has 5 rings (SSSR count). The fourth-order valence-electron chi connectivity index (χ4n) is 3.98. The molecule has 0 unspecified atom stereocenters. The fraction of sp³-hybridized carbons (Fsp3) is 0.125. The molecule has 0 aliphatic rings. The van der Waals surface area contributed by atoms with E-state index >= 15 is 0 Å². The molecule has 4 nitrogen and oxygen atoms in total. The van der Waals surface area contributed by atoms with Crippen molar-refractivity contribution in [2.45, 2.75) is 13.5 Å². The Morgan fingerprint density at radius 3 is 2.63 bits per heavy atom. The van der Waals surface area contributed by atoms with Crippen LogP contribution in [0.15, 0.2) is 60.7 Å². The van der Waals surface area contributed by atoms with Gasteiger partial charge >= 0.3 is 0 Å². The zero-order valence-corrected chi connectivity index (χ0v) is 18.1. The first-order chi connectivity index (χ1) is 14.6. The number of carbonyl (C=O) groups is 1. The largest absolute Gasteiger partial charge is 0.497 e. The van der Waals surface area contributed by atoms with Gasteiger partial charge < -0.3 is 14.6 Å². The summed E-state index contributed by atoms with van der Waals surface area (Å²) in [5.41, 5.74) is 3.10. The minimum Gasteiger partial charge on any atom is -0.497 e. The molecule has 30 heavy (non-hydrogen) atoms. The summed E-state index contributed by atoms with van der Waals surface area (Å²) in [7, 11) is 1.62.